The molecule has 1 aliphatic heterocycles. The van der Waals surface area contributed by atoms with Gasteiger partial charge in [0.25, 0.3) is 5.91 Å². The van der Waals surface area contributed by atoms with E-state index in [0.29, 0.717) is 24.4 Å². The number of ether oxygens (including phenoxy) is 1. The van der Waals surface area contributed by atoms with Crippen molar-refractivity contribution >= 4 is 5.91 Å². The Balaban J connectivity index is 2.18. The first-order valence-electron chi connectivity index (χ1n) is 5.59. The molecule has 0 atom stereocenters. The summed E-state index contributed by atoms with van der Waals surface area (Å²) in [7, 11) is 1.52. The Kier molecular flexibility index (Phi) is 3.49. The van der Waals surface area contributed by atoms with Crippen LogP contribution in [-0.4, -0.2) is 49.2 Å². The molecule has 5 heteroatoms. The van der Waals surface area contributed by atoms with Crippen molar-refractivity contribution in [3.05, 3.63) is 23.8 Å². The van der Waals surface area contributed by atoms with E-state index in [9.17, 15) is 9.90 Å². The van der Waals surface area contributed by atoms with E-state index in [-0.39, 0.29) is 11.7 Å². The fourth-order valence-corrected chi connectivity index (χ4v) is 1.86. The number of carbonyl (C=O) groups is 1. The monoisotopic (exact) mass is 236 g/mol. The summed E-state index contributed by atoms with van der Waals surface area (Å²) in [6.45, 7) is 2.93. The van der Waals surface area contributed by atoms with E-state index >= 15 is 0 Å². The summed E-state index contributed by atoms with van der Waals surface area (Å²) in [4.78, 5) is 13.9. The van der Waals surface area contributed by atoms with Crippen LogP contribution in [0.15, 0.2) is 18.2 Å². The van der Waals surface area contributed by atoms with Gasteiger partial charge in [0.15, 0.2) is 0 Å². The van der Waals surface area contributed by atoms with E-state index in [1.165, 1.54) is 13.2 Å². The van der Waals surface area contributed by atoms with Gasteiger partial charge in [-0.25, -0.2) is 0 Å². The summed E-state index contributed by atoms with van der Waals surface area (Å²) in [6.07, 6.45) is 0. The maximum atomic E-state index is 12.1. The summed E-state index contributed by atoms with van der Waals surface area (Å²) in [5.74, 6) is 0.374. The first-order chi connectivity index (χ1) is 8.22. The predicted molar refractivity (Wildman–Crippen MR) is 63.4 cm³/mol. The number of benzene rings is 1. The molecule has 0 spiro atoms. The third-order valence-corrected chi connectivity index (χ3v) is 2.84. The maximum Gasteiger partial charge on any atom is 0.257 e. The molecule has 1 amide bonds. The fraction of sp³-hybridized carbons (Fsp3) is 0.417. The number of phenolic OH excluding ortho intramolecular Hbond substituents is 1. The van der Waals surface area contributed by atoms with Crippen molar-refractivity contribution in [1.82, 2.24) is 10.2 Å². The quantitative estimate of drug-likeness (QED) is 0.782. The molecule has 1 aromatic carbocycles. The molecular formula is C12H16N2O3. The van der Waals surface area contributed by atoms with Crippen LogP contribution in [0, 0.1) is 0 Å². The molecule has 0 saturated carbocycles. The van der Waals surface area contributed by atoms with E-state index in [1.54, 1.807) is 17.0 Å². The van der Waals surface area contributed by atoms with Crippen LogP contribution in [0.3, 0.4) is 0 Å². The van der Waals surface area contributed by atoms with Gasteiger partial charge in [0, 0.05) is 32.2 Å². The van der Waals surface area contributed by atoms with Gasteiger partial charge >= 0.3 is 0 Å². The predicted octanol–water partition coefficient (Wildman–Crippen LogP) is 0.446. The van der Waals surface area contributed by atoms with Gasteiger partial charge in [0.1, 0.15) is 11.5 Å². The maximum absolute atomic E-state index is 12.1. The molecule has 1 fully saturated rings. The number of methoxy groups -OCH3 is 1. The highest BCUT2D eigenvalue weighted by Crippen LogP contribution is 2.24. The Bertz CT molecular complexity index is 414. The SMILES string of the molecule is COc1ccc(C(=O)N2CCNCC2)c(O)c1. The second kappa shape index (κ2) is 5.05. The van der Waals surface area contributed by atoms with E-state index in [2.05, 4.69) is 5.32 Å². The van der Waals surface area contributed by atoms with Crippen molar-refractivity contribution < 1.29 is 14.6 Å². The van der Waals surface area contributed by atoms with Gasteiger partial charge in [-0.15, -0.1) is 0 Å². The van der Waals surface area contributed by atoms with Crippen molar-refractivity contribution in [2.24, 2.45) is 0 Å². The van der Waals surface area contributed by atoms with Gasteiger partial charge < -0.3 is 20.1 Å². The van der Waals surface area contributed by atoms with Crippen LogP contribution in [0.25, 0.3) is 0 Å². The molecule has 1 aromatic rings. The number of nitrogens with one attached hydrogen (secondary N) is 1. The van der Waals surface area contributed by atoms with Gasteiger partial charge in [0.2, 0.25) is 0 Å². The van der Waals surface area contributed by atoms with Crippen LogP contribution < -0.4 is 10.1 Å². The third-order valence-electron chi connectivity index (χ3n) is 2.84. The van der Waals surface area contributed by atoms with E-state index in [1.807, 2.05) is 0 Å². The molecule has 2 N–H and O–H groups in total. The van der Waals surface area contributed by atoms with Gasteiger partial charge in [-0.3, -0.25) is 4.79 Å². The van der Waals surface area contributed by atoms with Gasteiger partial charge in [-0.05, 0) is 12.1 Å². The molecule has 0 bridgehead atoms. The Labute approximate surface area is 100.0 Å². The molecule has 0 aromatic heterocycles. The topological polar surface area (TPSA) is 61.8 Å². The first-order valence-corrected chi connectivity index (χ1v) is 5.59. The molecular weight excluding hydrogens is 220 g/mol. The lowest BCUT2D eigenvalue weighted by Crippen LogP contribution is -2.46. The number of phenols is 1. The third kappa shape index (κ3) is 2.50. The van der Waals surface area contributed by atoms with Gasteiger partial charge in [-0.1, -0.05) is 0 Å². The normalized spacial score (nSPS) is 15.7. The number of nitrogens with zero attached hydrogens (tertiary/aromatic N) is 1. The number of amides is 1. The largest absolute Gasteiger partial charge is 0.507 e. The summed E-state index contributed by atoms with van der Waals surface area (Å²) < 4.78 is 4.98. The van der Waals surface area contributed by atoms with E-state index in [4.69, 9.17) is 4.74 Å². The zero-order valence-corrected chi connectivity index (χ0v) is 9.77. The van der Waals surface area contributed by atoms with Crippen molar-refractivity contribution in [2.75, 3.05) is 33.3 Å². The average molecular weight is 236 g/mol. The molecule has 2 rings (SSSR count). The second-order valence-corrected chi connectivity index (χ2v) is 3.93. The average Bonchev–Trinajstić information content (AvgIpc) is 2.39. The van der Waals surface area contributed by atoms with Gasteiger partial charge in [-0.2, -0.15) is 0 Å². The van der Waals surface area contributed by atoms with Crippen LogP contribution in [0.4, 0.5) is 0 Å². The van der Waals surface area contributed by atoms with Crippen molar-refractivity contribution in [3.8, 4) is 11.5 Å². The zero-order chi connectivity index (χ0) is 12.3. The molecule has 92 valence electrons. The lowest BCUT2D eigenvalue weighted by Gasteiger charge is -2.27. The molecule has 5 nitrogen and oxygen atoms in total. The lowest BCUT2D eigenvalue weighted by molar-refractivity contribution is 0.0732. The second-order valence-electron chi connectivity index (χ2n) is 3.93. The highest BCUT2D eigenvalue weighted by molar-refractivity contribution is 5.97. The smallest absolute Gasteiger partial charge is 0.257 e. The number of carbonyl (C=O) groups excluding carboxylic acids is 1. The highest BCUT2D eigenvalue weighted by atomic mass is 16.5. The van der Waals surface area contributed by atoms with Crippen molar-refractivity contribution in [1.29, 1.82) is 0 Å². The molecule has 0 aliphatic carbocycles. The van der Waals surface area contributed by atoms with E-state index < -0.39 is 0 Å². The molecule has 0 unspecified atom stereocenters. The van der Waals surface area contributed by atoms with Crippen molar-refractivity contribution in [3.63, 3.8) is 0 Å². The summed E-state index contributed by atoms with van der Waals surface area (Å²) in [5, 5.41) is 13.0. The molecule has 1 aliphatic rings. The standard InChI is InChI=1S/C12H16N2O3/c1-17-9-2-3-10(11(15)8-9)12(16)14-6-4-13-5-7-14/h2-3,8,13,15H,4-7H2,1H3. The Morgan fingerprint density at radius 2 is 2.12 bits per heavy atom. The molecule has 17 heavy (non-hydrogen) atoms. The minimum atomic E-state index is -0.133. The van der Waals surface area contributed by atoms with Crippen LogP contribution in [0.2, 0.25) is 0 Å². The number of hydrogen-bond acceptors (Lipinski definition) is 4. The Hall–Kier alpha value is -1.75. The first kappa shape index (κ1) is 11.7. The van der Waals surface area contributed by atoms with Gasteiger partial charge in [0.05, 0.1) is 12.7 Å². The van der Waals surface area contributed by atoms with Crippen LogP contribution in [0.5, 0.6) is 11.5 Å². The lowest BCUT2D eigenvalue weighted by atomic mass is 10.1. The van der Waals surface area contributed by atoms with Crippen LogP contribution >= 0.6 is 0 Å². The van der Waals surface area contributed by atoms with Crippen molar-refractivity contribution in [2.45, 2.75) is 0 Å². The van der Waals surface area contributed by atoms with Crippen LogP contribution in [0.1, 0.15) is 10.4 Å². The summed E-state index contributed by atoms with van der Waals surface area (Å²) in [5.41, 5.74) is 0.327. The highest BCUT2D eigenvalue weighted by Gasteiger charge is 2.20. The summed E-state index contributed by atoms with van der Waals surface area (Å²) >= 11 is 0. The minimum Gasteiger partial charge on any atom is -0.507 e. The number of rotatable bonds is 2. The van der Waals surface area contributed by atoms with Crippen LogP contribution in [-0.2, 0) is 0 Å². The fourth-order valence-electron chi connectivity index (χ4n) is 1.86. The molecule has 1 saturated heterocycles. The molecule has 1 heterocycles. The molecule has 0 radical (unpaired) electrons. The Morgan fingerprint density at radius 3 is 2.71 bits per heavy atom. The van der Waals surface area contributed by atoms with E-state index in [0.717, 1.165) is 13.1 Å². The zero-order valence-electron chi connectivity index (χ0n) is 9.77. The number of hydrogen-bond donors (Lipinski definition) is 2. The number of piperazine rings is 1. The summed E-state index contributed by atoms with van der Waals surface area (Å²) in [6, 6.07) is 4.73. The minimum absolute atomic E-state index is 0.0344. The number of aromatic hydroxyl groups is 1. The Morgan fingerprint density at radius 1 is 1.41 bits per heavy atom.